The van der Waals surface area contributed by atoms with Crippen molar-refractivity contribution < 1.29 is 4.39 Å². The van der Waals surface area contributed by atoms with Crippen molar-refractivity contribution in [2.45, 2.75) is 25.3 Å². The van der Waals surface area contributed by atoms with Gasteiger partial charge in [-0.2, -0.15) is 0 Å². The van der Waals surface area contributed by atoms with Crippen molar-refractivity contribution in [1.29, 1.82) is 0 Å². The van der Waals surface area contributed by atoms with Crippen LogP contribution in [0.5, 0.6) is 0 Å². The van der Waals surface area contributed by atoms with Gasteiger partial charge in [0, 0.05) is 16.5 Å². The first-order chi connectivity index (χ1) is 8.81. The first-order valence-electron chi connectivity index (χ1n) is 6.25. The van der Waals surface area contributed by atoms with Gasteiger partial charge in [-0.05, 0) is 43.8 Å². The molecular formula is C15H18FNS. The van der Waals surface area contributed by atoms with Crippen LogP contribution < -0.4 is 5.32 Å². The summed E-state index contributed by atoms with van der Waals surface area (Å²) >= 11 is 1.79. The zero-order valence-electron chi connectivity index (χ0n) is 10.5. The van der Waals surface area contributed by atoms with Crippen LogP contribution in [0.15, 0.2) is 41.8 Å². The van der Waals surface area contributed by atoms with Gasteiger partial charge >= 0.3 is 0 Å². The van der Waals surface area contributed by atoms with Gasteiger partial charge in [-0.1, -0.05) is 24.3 Å². The summed E-state index contributed by atoms with van der Waals surface area (Å²) < 4.78 is 13.7. The van der Waals surface area contributed by atoms with Crippen molar-refractivity contribution in [2.75, 3.05) is 7.05 Å². The molecule has 1 heterocycles. The molecule has 0 aliphatic carbocycles. The Morgan fingerprint density at radius 2 is 2.06 bits per heavy atom. The standard InChI is InChI=1S/C15H18FNS/c1-17-15(13-8-2-3-9-14(13)16)10-4-6-12-7-5-11-18-12/h2-3,5,7-9,11,15,17H,4,6,10H2,1H3. The van der Waals surface area contributed by atoms with Crippen molar-refractivity contribution in [3.63, 3.8) is 0 Å². The predicted octanol–water partition coefficient (Wildman–Crippen LogP) is 4.17. The summed E-state index contributed by atoms with van der Waals surface area (Å²) in [6.07, 6.45) is 3.10. The Bertz CT molecular complexity index is 467. The second kappa shape index (κ2) is 6.66. The van der Waals surface area contributed by atoms with Crippen LogP contribution in [0.1, 0.15) is 29.3 Å². The summed E-state index contributed by atoms with van der Waals surface area (Å²) in [5.74, 6) is -0.118. The fourth-order valence-electron chi connectivity index (χ4n) is 2.15. The molecule has 1 aromatic carbocycles. The number of hydrogen-bond acceptors (Lipinski definition) is 2. The molecule has 1 N–H and O–H groups in total. The van der Waals surface area contributed by atoms with Crippen LogP contribution in [0.4, 0.5) is 4.39 Å². The second-order valence-corrected chi connectivity index (χ2v) is 5.37. The first kappa shape index (κ1) is 13.2. The summed E-state index contributed by atoms with van der Waals surface area (Å²) in [5.41, 5.74) is 0.770. The first-order valence-corrected chi connectivity index (χ1v) is 7.13. The maximum Gasteiger partial charge on any atom is 0.127 e. The van der Waals surface area contributed by atoms with E-state index in [-0.39, 0.29) is 11.9 Å². The van der Waals surface area contributed by atoms with Gasteiger partial charge in [-0.3, -0.25) is 0 Å². The van der Waals surface area contributed by atoms with E-state index in [1.54, 1.807) is 17.4 Å². The third-order valence-electron chi connectivity index (χ3n) is 3.13. The molecule has 0 amide bonds. The zero-order valence-corrected chi connectivity index (χ0v) is 11.3. The summed E-state index contributed by atoms with van der Waals surface area (Å²) in [4.78, 5) is 1.40. The van der Waals surface area contributed by atoms with E-state index in [1.165, 1.54) is 10.9 Å². The van der Waals surface area contributed by atoms with Crippen molar-refractivity contribution in [2.24, 2.45) is 0 Å². The second-order valence-electron chi connectivity index (χ2n) is 4.33. The number of nitrogens with one attached hydrogen (secondary N) is 1. The molecule has 0 bridgehead atoms. The monoisotopic (exact) mass is 263 g/mol. The summed E-state index contributed by atoms with van der Waals surface area (Å²) in [7, 11) is 1.89. The van der Waals surface area contributed by atoms with Gasteiger partial charge in [0.15, 0.2) is 0 Å². The van der Waals surface area contributed by atoms with Crippen LogP contribution in [-0.4, -0.2) is 7.05 Å². The maximum absolute atomic E-state index is 13.7. The number of halogens is 1. The Labute approximate surface area is 112 Å². The molecule has 0 spiro atoms. The van der Waals surface area contributed by atoms with Gasteiger partial charge in [0.1, 0.15) is 5.82 Å². The minimum atomic E-state index is -0.118. The molecule has 96 valence electrons. The van der Waals surface area contributed by atoms with Crippen LogP contribution >= 0.6 is 11.3 Å². The quantitative estimate of drug-likeness (QED) is 0.824. The van der Waals surface area contributed by atoms with Crippen molar-refractivity contribution in [1.82, 2.24) is 5.32 Å². The summed E-state index contributed by atoms with van der Waals surface area (Å²) in [5, 5.41) is 5.30. The van der Waals surface area contributed by atoms with Gasteiger partial charge in [-0.15, -0.1) is 11.3 Å². The molecule has 3 heteroatoms. The molecule has 1 aromatic heterocycles. The third-order valence-corrected chi connectivity index (χ3v) is 4.06. The molecule has 0 radical (unpaired) electrons. The average molecular weight is 263 g/mol. The zero-order chi connectivity index (χ0) is 12.8. The van der Waals surface area contributed by atoms with E-state index >= 15 is 0 Å². The van der Waals surface area contributed by atoms with Crippen LogP contribution in [-0.2, 0) is 6.42 Å². The number of rotatable bonds is 6. The lowest BCUT2D eigenvalue weighted by Crippen LogP contribution is -2.17. The van der Waals surface area contributed by atoms with Crippen LogP contribution in [0.25, 0.3) is 0 Å². The Morgan fingerprint density at radius 3 is 2.72 bits per heavy atom. The van der Waals surface area contributed by atoms with Gasteiger partial charge in [0.05, 0.1) is 0 Å². The van der Waals surface area contributed by atoms with E-state index in [2.05, 4.69) is 22.8 Å². The van der Waals surface area contributed by atoms with E-state index in [4.69, 9.17) is 0 Å². The Morgan fingerprint density at radius 1 is 1.22 bits per heavy atom. The molecule has 0 saturated heterocycles. The number of aryl methyl sites for hydroxylation is 1. The molecule has 1 nitrogen and oxygen atoms in total. The molecule has 1 atom stereocenters. The lowest BCUT2D eigenvalue weighted by molar-refractivity contribution is 0.495. The molecule has 2 aromatic rings. The molecule has 1 unspecified atom stereocenters. The minimum Gasteiger partial charge on any atom is -0.313 e. The van der Waals surface area contributed by atoms with Crippen molar-refractivity contribution in [3.8, 4) is 0 Å². The predicted molar refractivity (Wildman–Crippen MR) is 75.5 cm³/mol. The number of hydrogen-bond donors (Lipinski definition) is 1. The topological polar surface area (TPSA) is 12.0 Å². The van der Waals surface area contributed by atoms with Gasteiger partial charge in [0.2, 0.25) is 0 Å². The lowest BCUT2D eigenvalue weighted by atomic mass is 10.0. The normalized spacial score (nSPS) is 12.6. The SMILES string of the molecule is CNC(CCCc1cccs1)c1ccccc1F. The fourth-order valence-corrected chi connectivity index (χ4v) is 2.90. The largest absolute Gasteiger partial charge is 0.313 e. The Balaban J connectivity index is 1.91. The fraction of sp³-hybridized carbons (Fsp3) is 0.333. The van der Waals surface area contributed by atoms with Crippen LogP contribution in [0, 0.1) is 5.82 Å². The highest BCUT2D eigenvalue weighted by atomic mass is 32.1. The minimum absolute atomic E-state index is 0.103. The average Bonchev–Trinajstić information content (AvgIpc) is 2.89. The highest BCUT2D eigenvalue weighted by Crippen LogP contribution is 2.22. The Kier molecular flexibility index (Phi) is 4.90. The van der Waals surface area contributed by atoms with Crippen LogP contribution in [0.3, 0.4) is 0 Å². The number of thiophene rings is 1. The summed E-state index contributed by atoms with van der Waals surface area (Å²) in [6, 6.07) is 11.3. The summed E-state index contributed by atoms with van der Waals surface area (Å²) in [6.45, 7) is 0. The molecule has 0 fully saturated rings. The van der Waals surface area contributed by atoms with E-state index in [1.807, 2.05) is 19.2 Å². The smallest absolute Gasteiger partial charge is 0.127 e. The van der Waals surface area contributed by atoms with E-state index in [0.717, 1.165) is 24.8 Å². The third kappa shape index (κ3) is 3.40. The maximum atomic E-state index is 13.7. The lowest BCUT2D eigenvalue weighted by Gasteiger charge is -2.17. The van der Waals surface area contributed by atoms with E-state index in [0.29, 0.717) is 0 Å². The van der Waals surface area contributed by atoms with E-state index < -0.39 is 0 Å². The highest BCUT2D eigenvalue weighted by molar-refractivity contribution is 7.09. The molecule has 0 saturated carbocycles. The van der Waals surface area contributed by atoms with E-state index in [9.17, 15) is 4.39 Å². The molecule has 0 aliphatic heterocycles. The number of benzene rings is 1. The highest BCUT2D eigenvalue weighted by Gasteiger charge is 2.12. The Hall–Kier alpha value is -1.19. The van der Waals surface area contributed by atoms with Gasteiger partial charge in [-0.25, -0.2) is 4.39 Å². The van der Waals surface area contributed by atoms with Crippen molar-refractivity contribution >= 4 is 11.3 Å². The van der Waals surface area contributed by atoms with Gasteiger partial charge < -0.3 is 5.32 Å². The van der Waals surface area contributed by atoms with Crippen LogP contribution in [0.2, 0.25) is 0 Å². The van der Waals surface area contributed by atoms with Crippen molar-refractivity contribution in [3.05, 3.63) is 58.0 Å². The van der Waals surface area contributed by atoms with Gasteiger partial charge in [0.25, 0.3) is 0 Å². The molecule has 18 heavy (non-hydrogen) atoms. The molecular weight excluding hydrogens is 245 g/mol. The molecule has 0 aliphatic rings. The molecule has 2 rings (SSSR count).